The molecule has 142 valence electrons. The highest BCUT2D eigenvalue weighted by atomic mass is 16.6. The van der Waals surface area contributed by atoms with E-state index in [0.717, 1.165) is 25.7 Å². The van der Waals surface area contributed by atoms with Crippen molar-refractivity contribution >= 4 is 28.7 Å². The third-order valence-electron chi connectivity index (χ3n) is 4.35. The number of benzene rings is 1. The Labute approximate surface area is 154 Å². The van der Waals surface area contributed by atoms with E-state index in [9.17, 15) is 20.2 Å². The molecule has 1 aromatic carbocycles. The van der Waals surface area contributed by atoms with Gasteiger partial charge in [-0.3, -0.25) is 31.1 Å². The number of nitro groups is 2. The topological polar surface area (TPSA) is 148 Å². The van der Waals surface area contributed by atoms with Gasteiger partial charge in [-0.05, 0) is 25.0 Å². The minimum Gasteiger partial charge on any atom is -0.361 e. The smallest absolute Gasteiger partial charge is 0.354 e. The van der Waals surface area contributed by atoms with Crippen LogP contribution in [-0.2, 0) is 0 Å². The van der Waals surface area contributed by atoms with E-state index in [-0.39, 0.29) is 29.1 Å². The summed E-state index contributed by atoms with van der Waals surface area (Å²) in [5.74, 6) is 0.182. The van der Waals surface area contributed by atoms with Crippen molar-refractivity contribution < 1.29 is 9.85 Å². The molecule has 0 bridgehead atoms. The molecule has 0 unspecified atom stereocenters. The van der Waals surface area contributed by atoms with Crippen LogP contribution in [0.15, 0.2) is 30.6 Å². The second-order valence-corrected chi connectivity index (χ2v) is 6.21. The van der Waals surface area contributed by atoms with E-state index >= 15 is 0 Å². The van der Waals surface area contributed by atoms with Crippen molar-refractivity contribution in [3.63, 3.8) is 0 Å². The Morgan fingerprint density at radius 2 is 1.56 bits per heavy atom. The molecule has 3 rings (SSSR count). The van der Waals surface area contributed by atoms with Crippen LogP contribution in [0.25, 0.3) is 0 Å². The summed E-state index contributed by atoms with van der Waals surface area (Å²) in [7, 11) is 0. The molecule has 1 aliphatic carbocycles. The molecule has 1 heterocycles. The van der Waals surface area contributed by atoms with Crippen LogP contribution in [0, 0.1) is 20.2 Å². The van der Waals surface area contributed by atoms with Gasteiger partial charge >= 0.3 is 5.69 Å². The van der Waals surface area contributed by atoms with Crippen LogP contribution in [0.3, 0.4) is 0 Å². The lowest BCUT2D eigenvalue weighted by Gasteiger charge is -2.23. The first-order valence-corrected chi connectivity index (χ1v) is 8.57. The maximum Gasteiger partial charge on any atom is 0.354 e. The highest BCUT2D eigenvalue weighted by Crippen LogP contribution is 2.31. The first kappa shape index (κ1) is 18.3. The van der Waals surface area contributed by atoms with Gasteiger partial charge in [0.05, 0.1) is 15.5 Å². The van der Waals surface area contributed by atoms with Crippen molar-refractivity contribution in [2.24, 2.45) is 0 Å². The maximum atomic E-state index is 11.6. The second kappa shape index (κ2) is 8.25. The van der Waals surface area contributed by atoms with E-state index in [1.54, 1.807) is 0 Å². The molecule has 0 aliphatic heterocycles. The zero-order valence-corrected chi connectivity index (χ0v) is 14.4. The lowest BCUT2D eigenvalue weighted by Crippen LogP contribution is -2.24. The molecule has 0 radical (unpaired) electrons. The minimum atomic E-state index is -0.537. The maximum absolute atomic E-state index is 11.6. The van der Waals surface area contributed by atoms with Gasteiger partial charge in [0.2, 0.25) is 11.6 Å². The molecule has 1 aliphatic rings. The van der Waals surface area contributed by atoms with Crippen LogP contribution in [0.4, 0.5) is 28.7 Å². The molecule has 1 fully saturated rings. The van der Waals surface area contributed by atoms with Gasteiger partial charge < -0.3 is 5.32 Å². The molecule has 1 aromatic heterocycles. The first-order chi connectivity index (χ1) is 13.0. The highest BCUT2D eigenvalue weighted by Gasteiger charge is 2.25. The molecule has 0 atom stereocenters. The number of nitro benzene ring substituents is 1. The average molecular weight is 373 g/mol. The van der Waals surface area contributed by atoms with E-state index < -0.39 is 9.85 Å². The van der Waals surface area contributed by atoms with E-state index in [2.05, 4.69) is 26.1 Å². The van der Waals surface area contributed by atoms with Gasteiger partial charge in [-0.2, -0.15) is 0 Å². The van der Waals surface area contributed by atoms with Crippen LogP contribution in [0.1, 0.15) is 32.1 Å². The molecule has 11 nitrogen and oxygen atoms in total. The predicted molar refractivity (Wildman–Crippen MR) is 99.5 cm³/mol. The summed E-state index contributed by atoms with van der Waals surface area (Å²) >= 11 is 0. The molecule has 0 amide bonds. The molecular weight excluding hydrogens is 354 g/mol. The summed E-state index contributed by atoms with van der Waals surface area (Å²) in [5, 5.41) is 25.4. The van der Waals surface area contributed by atoms with Crippen molar-refractivity contribution in [3.8, 4) is 0 Å². The number of hydrazine groups is 1. The Kier molecular flexibility index (Phi) is 5.59. The van der Waals surface area contributed by atoms with E-state index in [0.29, 0.717) is 5.69 Å². The van der Waals surface area contributed by atoms with Gasteiger partial charge in [0, 0.05) is 18.2 Å². The Bertz CT molecular complexity index is 822. The van der Waals surface area contributed by atoms with E-state index in [4.69, 9.17) is 0 Å². The second-order valence-electron chi connectivity index (χ2n) is 6.21. The van der Waals surface area contributed by atoms with Gasteiger partial charge in [-0.25, -0.2) is 9.97 Å². The number of rotatable bonds is 7. The number of aromatic nitrogens is 2. The third-order valence-corrected chi connectivity index (χ3v) is 4.35. The summed E-state index contributed by atoms with van der Waals surface area (Å²) in [6.45, 7) is 0. The van der Waals surface area contributed by atoms with Gasteiger partial charge in [-0.1, -0.05) is 19.3 Å². The highest BCUT2D eigenvalue weighted by molar-refractivity contribution is 5.70. The summed E-state index contributed by atoms with van der Waals surface area (Å²) < 4.78 is 0. The van der Waals surface area contributed by atoms with Crippen molar-refractivity contribution in [2.75, 3.05) is 16.2 Å². The fourth-order valence-electron chi connectivity index (χ4n) is 2.99. The van der Waals surface area contributed by atoms with Crippen LogP contribution in [0.2, 0.25) is 0 Å². The number of anilines is 3. The van der Waals surface area contributed by atoms with Crippen LogP contribution < -0.4 is 16.2 Å². The fraction of sp³-hybridized carbons (Fsp3) is 0.375. The normalized spacial score (nSPS) is 14.4. The van der Waals surface area contributed by atoms with Gasteiger partial charge in [0.15, 0.2) is 0 Å². The fourth-order valence-corrected chi connectivity index (χ4v) is 2.99. The number of nitrogens with one attached hydrogen (secondary N) is 3. The van der Waals surface area contributed by atoms with Crippen LogP contribution in [0.5, 0.6) is 0 Å². The number of hydrogen-bond donors (Lipinski definition) is 3. The molecule has 1 saturated carbocycles. The molecule has 27 heavy (non-hydrogen) atoms. The van der Waals surface area contributed by atoms with Crippen molar-refractivity contribution in [1.82, 2.24) is 9.97 Å². The molecular formula is C16H19N7O4. The van der Waals surface area contributed by atoms with Crippen molar-refractivity contribution in [3.05, 3.63) is 50.8 Å². The van der Waals surface area contributed by atoms with Gasteiger partial charge in [0.25, 0.3) is 5.69 Å². The van der Waals surface area contributed by atoms with E-state index in [1.807, 2.05) is 0 Å². The summed E-state index contributed by atoms with van der Waals surface area (Å²) in [5.41, 5.74) is 5.64. The summed E-state index contributed by atoms with van der Waals surface area (Å²) in [6, 6.07) is 5.78. The van der Waals surface area contributed by atoms with Crippen molar-refractivity contribution in [2.45, 2.75) is 38.1 Å². The minimum absolute atomic E-state index is 0.00617. The molecule has 11 heteroatoms. The molecule has 0 saturated heterocycles. The van der Waals surface area contributed by atoms with Gasteiger partial charge in [0.1, 0.15) is 6.33 Å². The Morgan fingerprint density at radius 3 is 2.19 bits per heavy atom. The van der Waals surface area contributed by atoms with Crippen molar-refractivity contribution in [1.29, 1.82) is 0 Å². The van der Waals surface area contributed by atoms with E-state index in [1.165, 1.54) is 37.0 Å². The molecule has 3 N–H and O–H groups in total. The predicted octanol–water partition coefficient (Wildman–Crippen LogP) is 3.48. The van der Waals surface area contributed by atoms with Crippen LogP contribution >= 0.6 is 0 Å². The van der Waals surface area contributed by atoms with Gasteiger partial charge in [-0.15, -0.1) is 0 Å². The largest absolute Gasteiger partial charge is 0.361 e. The van der Waals surface area contributed by atoms with Crippen LogP contribution in [-0.4, -0.2) is 25.9 Å². The summed E-state index contributed by atoms with van der Waals surface area (Å²) in [4.78, 5) is 29.2. The average Bonchev–Trinajstić information content (AvgIpc) is 2.67. The SMILES string of the molecule is O=[N+]([O-])c1ccc(NNc2ncnc(NC3CCCCC3)c2[N+](=O)[O-])cc1. The number of nitrogens with zero attached hydrogens (tertiary/aromatic N) is 4. The Morgan fingerprint density at radius 1 is 0.889 bits per heavy atom. The Hall–Kier alpha value is -3.50. The monoisotopic (exact) mass is 373 g/mol. The Balaban J connectivity index is 1.75. The molecule has 2 aromatic rings. The quantitative estimate of drug-likeness (QED) is 0.490. The summed E-state index contributed by atoms with van der Waals surface area (Å²) in [6.07, 6.45) is 6.50. The third kappa shape index (κ3) is 4.57. The zero-order chi connectivity index (χ0) is 19.2. The number of hydrogen-bond acceptors (Lipinski definition) is 9. The standard InChI is InChI=1S/C16H19N7O4/c24-22(25)13-8-6-12(7-9-13)20-21-16-14(23(26)27)15(17-10-18-16)19-11-4-2-1-3-5-11/h6-11,20H,1-5H2,(H2,17,18,19,21). The molecule has 0 spiro atoms. The first-order valence-electron chi connectivity index (χ1n) is 8.57. The zero-order valence-electron chi connectivity index (χ0n) is 14.4. The lowest BCUT2D eigenvalue weighted by atomic mass is 9.95. The lowest BCUT2D eigenvalue weighted by molar-refractivity contribution is -0.384. The number of non-ortho nitro benzene ring substituents is 1.